The van der Waals surface area contributed by atoms with E-state index in [0.29, 0.717) is 12.2 Å². The lowest BCUT2D eigenvalue weighted by molar-refractivity contribution is -0.949. The Hall–Kier alpha value is -1.93. The Morgan fingerprint density at radius 2 is 1.52 bits per heavy atom. The van der Waals surface area contributed by atoms with Crippen LogP contribution in [-0.2, 0) is 4.79 Å². The topological polar surface area (TPSA) is 21.5 Å². The average molecular weight is 336 g/mol. The average Bonchev–Trinajstić information content (AvgIpc) is 2.66. The van der Waals surface area contributed by atoms with Gasteiger partial charge in [0.05, 0.1) is 19.4 Å². The Kier molecular flexibility index (Phi) is 6.04. The number of unbranched alkanes of at least 4 members (excludes halogenated alkanes) is 2. The Morgan fingerprint density at radius 3 is 2.12 bits per heavy atom. The molecule has 1 unspecified atom stereocenters. The number of benzene rings is 2. The third kappa shape index (κ3) is 4.01. The van der Waals surface area contributed by atoms with Gasteiger partial charge in [0.1, 0.15) is 17.9 Å². The van der Waals surface area contributed by atoms with Gasteiger partial charge in [0, 0.05) is 11.1 Å². The van der Waals surface area contributed by atoms with Gasteiger partial charge >= 0.3 is 0 Å². The van der Waals surface area contributed by atoms with Crippen molar-refractivity contribution in [3.8, 4) is 0 Å². The van der Waals surface area contributed by atoms with Crippen LogP contribution in [0.25, 0.3) is 0 Å². The fourth-order valence-electron chi connectivity index (χ4n) is 4.40. The predicted molar refractivity (Wildman–Crippen MR) is 103 cm³/mol. The van der Waals surface area contributed by atoms with Crippen LogP contribution in [0.2, 0.25) is 0 Å². The molecule has 0 spiro atoms. The Balaban J connectivity index is 1.91. The van der Waals surface area contributed by atoms with Crippen molar-refractivity contribution < 1.29 is 9.69 Å². The maximum Gasteiger partial charge on any atom is 0.148 e. The van der Waals surface area contributed by atoms with E-state index in [4.69, 9.17) is 0 Å². The number of quaternary nitrogens is 1. The molecule has 25 heavy (non-hydrogen) atoms. The number of hydrogen-bond donors (Lipinski definition) is 1. The quantitative estimate of drug-likeness (QED) is 0.786. The normalized spacial score (nSPS) is 26.6. The summed E-state index contributed by atoms with van der Waals surface area (Å²) < 4.78 is 0. The van der Waals surface area contributed by atoms with Gasteiger partial charge in [-0.15, -0.1) is 0 Å². The van der Waals surface area contributed by atoms with E-state index in [1.807, 2.05) is 6.07 Å². The maximum atomic E-state index is 13.1. The van der Waals surface area contributed by atoms with E-state index in [0.717, 1.165) is 12.8 Å². The highest BCUT2D eigenvalue weighted by molar-refractivity contribution is 5.83. The zero-order valence-corrected chi connectivity index (χ0v) is 15.4. The molecule has 132 valence electrons. The van der Waals surface area contributed by atoms with Gasteiger partial charge in [-0.05, 0) is 6.42 Å². The van der Waals surface area contributed by atoms with Crippen molar-refractivity contribution in [2.24, 2.45) is 5.92 Å². The first-order chi connectivity index (χ1) is 12.2. The lowest BCUT2D eigenvalue weighted by Gasteiger charge is -2.41. The SMILES string of the molecule is CCCCC[C@@H]1C(=O)C[C@@H](c2ccccc2)[NH+](C)[C@H]1c1ccccc1. The Morgan fingerprint density at radius 1 is 0.920 bits per heavy atom. The molecule has 1 saturated heterocycles. The standard InChI is InChI=1S/C23H29NO/c1-3-4-7-16-20-22(25)17-21(18-12-8-5-9-13-18)24(2)23(20)19-14-10-6-11-15-19/h5-6,8-15,20-21,23H,3-4,7,16-17H2,1-2H3/p+1/t20-,21+,23+/m1/s1. The summed E-state index contributed by atoms with van der Waals surface area (Å²) in [5.41, 5.74) is 2.58. The van der Waals surface area contributed by atoms with Crippen LogP contribution < -0.4 is 4.90 Å². The van der Waals surface area contributed by atoms with E-state index in [-0.39, 0.29) is 18.0 Å². The highest BCUT2D eigenvalue weighted by Crippen LogP contribution is 2.33. The number of hydrogen-bond acceptors (Lipinski definition) is 1. The van der Waals surface area contributed by atoms with Crippen LogP contribution >= 0.6 is 0 Å². The molecular formula is C23H30NO+. The second-order valence-electron chi connectivity index (χ2n) is 7.37. The second kappa shape index (κ2) is 8.44. The molecule has 1 N–H and O–H groups in total. The molecule has 0 radical (unpaired) electrons. The molecule has 2 heteroatoms. The van der Waals surface area contributed by atoms with Gasteiger partial charge < -0.3 is 4.90 Å². The number of likely N-dealkylation sites (tertiary alicyclic amines) is 1. The number of nitrogens with one attached hydrogen (secondary N) is 1. The fourth-order valence-corrected chi connectivity index (χ4v) is 4.40. The molecule has 1 heterocycles. The first-order valence-electron chi connectivity index (χ1n) is 9.68. The molecule has 1 aliphatic rings. The van der Waals surface area contributed by atoms with Crippen LogP contribution in [0, 0.1) is 5.92 Å². The lowest BCUT2D eigenvalue weighted by Crippen LogP contribution is -3.11. The van der Waals surface area contributed by atoms with Crippen LogP contribution in [-0.4, -0.2) is 12.8 Å². The number of rotatable bonds is 6. The molecular weight excluding hydrogens is 306 g/mol. The largest absolute Gasteiger partial charge is 0.324 e. The van der Waals surface area contributed by atoms with E-state index in [1.165, 1.54) is 28.9 Å². The smallest absolute Gasteiger partial charge is 0.148 e. The van der Waals surface area contributed by atoms with Crippen molar-refractivity contribution in [3.05, 3.63) is 71.8 Å². The van der Waals surface area contributed by atoms with Gasteiger partial charge in [0.15, 0.2) is 0 Å². The molecule has 2 nitrogen and oxygen atoms in total. The molecule has 0 aromatic heterocycles. The van der Waals surface area contributed by atoms with E-state index in [2.05, 4.69) is 68.6 Å². The highest BCUT2D eigenvalue weighted by Gasteiger charge is 2.44. The summed E-state index contributed by atoms with van der Waals surface area (Å²) in [6, 6.07) is 21.7. The lowest BCUT2D eigenvalue weighted by atomic mass is 9.77. The number of carbonyl (C=O) groups excluding carboxylic acids is 1. The Bertz CT molecular complexity index is 667. The van der Waals surface area contributed by atoms with Crippen LogP contribution in [0.15, 0.2) is 60.7 Å². The molecule has 3 rings (SSSR count). The van der Waals surface area contributed by atoms with Gasteiger partial charge in [-0.25, -0.2) is 0 Å². The van der Waals surface area contributed by atoms with Gasteiger partial charge in [-0.2, -0.15) is 0 Å². The molecule has 0 saturated carbocycles. The second-order valence-corrected chi connectivity index (χ2v) is 7.37. The summed E-state index contributed by atoms with van der Waals surface area (Å²) in [5, 5.41) is 0. The van der Waals surface area contributed by atoms with Gasteiger partial charge in [0.25, 0.3) is 0 Å². The molecule has 2 aromatic carbocycles. The van der Waals surface area contributed by atoms with Crippen molar-refractivity contribution in [2.45, 2.75) is 51.1 Å². The minimum atomic E-state index is 0.147. The first-order valence-corrected chi connectivity index (χ1v) is 9.68. The van der Waals surface area contributed by atoms with Gasteiger partial charge in [-0.1, -0.05) is 86.8 Å². The fraction of sp³-hybridized carbons (Fsp3) is 0.435. The molecule has 1 aliphatic heterocycles. The van der Waals surface area contributed by atoms with E-state index < -0.39 is 0 Å². The van der Waals surface area contributed by atoms with Crippen LogP contribution in [0.1, 0.15) is 62.2 Å². The minimum Gasteiger partial charge on any atom is -0.324 e. The number of Topliss-reactive ketones (excluding diaryl/α,β-unsaturated/α-hetero) is 1. The highest BCUT2D eigenvalue weighted by atomic mass is 16.1. The van der Waals surface area contributed by atoms with Crippen LogP contribution in [0.4, 0.5) is 0 Å². The van der Waals surface area contributed by atoms with Crippen LogP contribution in [0.5, 0.6) is 0 Å². The zero-order valence-electron chi connectivity index (χ0n) is 15.4. The summed E-state index contributed by atoms with van der Waals surface area (Å²) in [6.07, 6.45) is 5.25. The van der Waals surface area contributed by atoms with E-state index >= 15 is 0 Å². The third-order valence-electron chi connectivity index (χ3n) is 5.74. The van der Waals surface area contributed by atoms with Crippen molar-refractivity contribution in [1.82, 2.24) is 0 Å². The van der Waals surface area contributed by atoms with Crippen molar-refractivity contribution >= 4 is 5.78 Å². The number of ketones is 1. The number of piperidine rings is 1. The van der Waals surface area contributed by atoms with E-state index in [1.54, 1.807) is 0 Å². The molecule has 0 bridgehead atoms. The minimum absolute atomic E-state index is 0.147. The molecule has 0 amide bonds. The van der Waals surface area contributed by atoms with Crippen molar-refractivity contribution in [2.75, 3.05) is 7.05 Å². The van der Waals surface area contributed by atoms with E-state index in [9.17, 15) is 4.79 Å². The third-order valence-corrected chi connectivity index (χ3v) is 5.74. The maximum absolute atomic E-state index is 13.1. The summed E-state index contributed by atoms with van der Waals surface area (Å²) in [6.45, 7) is 2.22. The molecule has 2 aromatic rings. The van der Waals surface area contributed by atoms with Crippen molar-refractivity contribution in [3.63, 3.8) is 0 Å². The first kappa shape index (κ1) is 17.9. The van der Waals surface area contributed by atoms with Gasteiger partial charge in [-0.3, -0.25) is 4.79 Å². The number of carbonyl (C=O) groups is 1. The summed E-state index contributed by atoms with van der Waals surface area (Å²) in [5.74, 6) is 0.596. The van der Waals surface area contributed by atoms with Gasteiger partial charge in [0.2, 0.25) is 0 Å². The zero-order chi connectivity index (χ0) is 17.6. The predicted octanol–water partition coefficient (Wildman–Crippen LogP) is 4.15. The Labute approximate surface area is 151 Å². The molecule has 1 fully saturated rings. The molecule has 0 aliphatic carbocycles. The summed E-state index contributed by atoms with van der Waals surface area (Å²) in [4.78, 5) is 14.5. The van der Waals surface area contributed by atoms with Crippen LogP contribution in [0.3, 0.4) is 0 Å². The van der Waals surface area contributed by atoms with Crippen molar-refractivity contribution in [1.29, 1.82) is 0 Å². The summed E-state index contributed by atoms with van der Waals surface area (Å²) >= 11 is 0. The molecule has 4 atom stereocenters. The summed E-state index contributed by atoms with van der Waals surface area (Å²) in [7, 11) is 2.27. The monoisotopic (exact) mass is 336 g/mol.